The van der Waals surface area contributed by atoms with E-state index in [0.29, 0.717) is 5.56 Å². The van der Waals surface area contributed by atoms with Crippen LogP contribution in [0.3, 0.4) is 0 Å². The number of hydrogen-bond acceptors (Lipinski definition) is 5. The molecule has 0 bridgehead atoms. The van der Waals surface area contributed by atoms with Crippen LogP contribution in [0.5, 0.6) is 0 Å². The third-order valence-electron chi connectivity index (χ3n) is 2.41. The zero-order valence-electron chi connectivity index (χ0n) is 9.63. The monoisotopic (exact) mass is 253 g/mol. The molecule has 0 saturated heterocycles. The van der Waals surface area contributed by atoms with Crippen molar-refractivity contribution in [1.29, 1.82) is 5.26 Å². The molecule has 1 rings (SSSR count). The summed E-state index contributed by atoms with van der Waals surface area (Å²) in [5.74, 6) is -1.85. The molecule has 0 aliphatic rings. The third kappa shape index (κ3) is 3.03. The van der Waals surface area contributed by atoms with Gasteiger partial charge in [0.25, 0.3) is 0 Å². The van der Waals surface area contributed by atoms with Crippen LogP contribution in [0, 0.1) is 17.1 Å². The van der Waals surface area contributed by atoms with Crippen molar-refractivity contribution < 1.29 is 24.1 Å². The van der Waals surface area contributed by atoms with E-state index in [4.69, 9.17) is 5.26 Å². The summed E-state index contributed by atoms with van der Waals surface area (Å²) in [4.78, 5) is 11.0. The van der Waals surface area contributed by atoms with Gasteiger partial charge in [-0.2, -0.15) is 5.26 Å². The number of nitriles is 1. The maximum atomic E-state index is 13.6. The fourth-order valence-electron chi connectivity index (χ4n) is 1.43. The summed E-state index contributed by atoms with van der Waals surface area (Å²) >= 11 is 0. The number of ether oxygens (including phenoxy) is 1. The molecule has 0 amide bonds. The summed E-state index contributed by atoms with van der Waals surface area (Å²) in [7, 11) is 1.05. The Hall–Kier alpha value is -1.97. The highest BCUT2D eigenvalue weighted by atomic mass is 19.1. The molecule has 2 unspecified atom stereocenters. The van der Waals surface area contributed by atoms with Crippen molar-refractivity contribution in [2.75, 3.05) is 7.11 Å². The van der Waals surface area contributed by atoms with E-state index in [1.54, 1.807) is 0 Å². The number of aliphatic hydroxyl groups is 2. The maximum Gasteiger partial charge on any atom is 0.337 e. The minimum Gasteiger partial charge on any atom is -0.467 e. The third-order valence-corrected chi connectivity index (χ3v) is 2.41. The zero-order chi connectivity index (χ0) is 13.7. The van der Waals surface area contributed by atoms with Gasteiger partial charge in [0.1, 0.15) is 11.9 Å². The molecule has 0 aliphatic carbocycles. The molecule has 6 heteroatoms. The van der Waals surface area contributed by atoms with Crippen LogP contribution >= 0.6 is 0 Å². The molecule has 96 valence electrons. The maximum absolute atomic E-state index is 13.6. The lowest BCUT2D eigenvalue weighted by atomic mass is 10.0. The van der Waals surface area contributed by atoms with Crippen LogP contribution in [-0.4, -0.2) is 29.4 Å². The van der Waals surface area contributed by atoms with E-state index in [1.165, 1.54) is 12.1 Å². The standard InChI is InChI=1S/C12H12FNO4/c1-18-12(17)11(16)10(15)8-3-2-7(4-5-14)6-9(8)13/h2-3,6,10-11,15-16H,4H2,1H3. The van der Waals surface area contributed by atoms with Gasteiger partial charge in [-0.3, -0.25) is 0 Å². The Morgan fingerprint density at radius 2 is 2.22 bits per heavy atom. The number of aliphatic hydroxyl groups excluding tert-OH is 2. The second kappa shape index (κ2) is 6.10. The Bertz CT molecular complexity index is 483. The highest BCUT2D eigenvalue weighted by Crippen LogP contribution is 2.22. The van der Waals surface area contributed by atoms with Gasteiger partial charge in [0.05, 0.1) is 19.6 Å². The van der Waals surface area contributed by atoms with Crippen molar-refractivity contribution >= 4 is 5.97 Å². The van der Waals surface area contributed by atoms with Gasteiger partial charge in [0.15, 0.2) is 6.10 Å². The van der Waals surface area contributed by atoms with Gasteiger partial charge in [-0.1, -0.05) is 12.1 Å². The van der Waals surface area contributed by atoms with E-state index in [2.05, 4.69) is 4.74 Å². The van der Waals surface area contributed by atoms with Crippen molar-refractivity contribution in [2.24, 2.45) is 0 Å². The van der Waals surface area contributed by atoms with E-state index in [-0.39, 0.29) is 12.0 Å². The van der Waals surface area contributed by atoms with Crippen LogP contribution in [0.25, 0.3) is 0 Å². The molecule has 5 nitrogen and oxygen atoms in total. The van der Waals surface area contributed by atoms with Gasteiger partial charge in [-0.25, -0.2) is 9.18 Å². The van der Waals surface area contributed by atoms with E-state index < -0.39 is 24.0 Å². The molecule has 0 saturated carbocycles. The highest BCUT2D eigenvalue weighted by molar-refractivity contribution is 5.75. The molecule has 2 atom stereocenters. The van der Waals surface area contributed by atoms with Gasteiger partial charge in [0, 0.05) is 5.56 Å². The van der Waals surface area contributed by atoms with Crippen LogP contribution in [0.1, 0.15) is 17.2 Å². The Morgan fingerprint density at radius 3 is 2.72 bits per heavy atom. The lowest BCUT2D eigenvalue weighted by Crippen LogP contribution is -2.29. The average molecular weight is 253 g/mol. The molecule has 1 aromatic rings. The summed E-state index contributed by atoms with van der Waals surface area (Å²) in [5.41, 5.74) is 0.216. The smallest absolute Gasteiger partial charge is 0.337 e. The summed E-state index contributed by atoms with van der Waals surface area (Å²) in [6.07, 6.45) is -3.53. The molecule has 1 aromatic carbocycles. The number of hydrogen-bond donors (Lipinski definition) is 2. The van der Waals surface area contributed by atoms with Gasteiger partial charge in [-0.05, 0) is 11.6 Å². The molecule has 0 radical (unpaired) electrons. The Morgan fingerprint density at radius 1 is 1.56 bits per heavy atom. The number of rotatable bonds is 4. The Kier molecular flexibility index (Phi) is 4.77. The normalized spacial score (nSPS) is 13.5. The molecular formula is C12H12FNO4. The predicted octanol–water partition coefficient (Wildman–Crippen LogP) is 0.459. The Labute approximate surface area is 103 Å². The van der Waals surface area contributed by atoms with Crippen LogP contribution < -0.4 is 0 Å². The number of carbonyl (C=O) groups excluding carboxylic acids is 1. The van der Waals surface area contributed by atoms with Crippen molar-refractivity contribution in [3.8, 4) is 6.07 Å². The molecule has 0 fully saturated rings. The second-order valence-corrected chi connectivity index (χ2v) is 3.60. The molecule has 0 spiro atoms. The number of methoxy groups -OCH3 is 1. The second-order valence-electron chi connectivity index (χ2n) is 3.60. The van der Waals surface area contributed by atoms with Crippen molar-refractivity contribution in [2.45, 2.75) is 18.6 Å². The van der Waals surface area contributed by atoms with Gasteiger partial charge in [0.2, 0.25) is 0 Å². The first-order valence-electron chi connectivity index (χ1n) is 5.10. The molecule has 18 heavy (non-hydrogen) atoms. The van der Waals surface area contributed by atoms with Gasteiger partial charge < -0.3 is 14.9 Å². The minimum absolute atomic E-state index is 0.0346. The van der Waals surface area contributed by atoms with Crippen molar-refractivity contribution in [3.05, 3.63) is 35.1 Å². The number of esters is 1. The van der Waals surface area contributed by atoms with Gasteiger partial charge in [-0.15, -0.1) is 0 Å². The summed E-state index contributed by atoms with van der Waals surface area (Å²) < 4.78 is 17.9. The van der Waals surface area contributed by atoms with E-state index in [0.717, 1.165) is 13.2 Å². The summed E-state index contributed by atoms with van der Waals surface area (Å²) in [5, 5.41) is 27.5. The number of nitrogens with zero attached hydrogens (tertiary/aromatic N) is 1. The molecule has 0 heterocycles. The summed E-state index contributed by atoms with van der Waals surface area (Å²) in [6, 6.07) is 5.59. The largest absolute Gasteiger partial charge is 0.467 e. The van der Waals surface area contributed by atoms with Crippen LogP contribution in [0.4, 0.5) is 4.39 Å². The number of benzene rings is 1. The lowest BCUT2D eigenvalue weighted by molar-refractivity contribution is -0.156. The van der Waals surface area contributed by atoms with E-state index in [1.807, 2.05) is 6.07 Å². The molecule has 0 aliphatic heterocycles. The summed E-state index contributed by atoms with van der Waals surface area (Å²) in [6.45, 7) is 0. The first-order valence-corrected chi connectivity index (χ1v) is 5.10. The van der Waals surface area contributed by atoms with Crippen LogP contribution in [-0.2, 0) is 16.0 Å². The van der Waals surface area contributed by atoms with Crippen LogP contribution in [0.2, 0.25) is 0 Å². The predicted molar refractivity (Wildman–Crippen MR) is 58.7 cm³/mol. The zero-order valence-corrected chi connectivity index (χ0v) is 9.63. The SMILES string of the molecule is COC(=O)C(O)C(O)c1ccc(CC#N)cc1F. The fraction of sp³-hybridized carbons (Fsp3) is 0.333. The first-order chi connectivity index (χ1) is 8.51. The topological polar surface area (TPSA) is 90.6 Å². The number of carbonyl (C=O) groups is 1. The quantitative estimate of drug-likeness (QED) is 0.761. The van der Waals surface area contributed by atoms with Crippen molar-refractivity contribution in [3.63, 3.8) is 0 Å². The first kappa shape index (κ1) is 14.1. The van der Waals surface area contributed by atoms with Crippen molar-refractivity contribution in [1.82, 2.24) is 0 Å². The highest BCUT2D eigenvalue weighted by Gasteiger charge is 2.28. The van der Waals surface area contributed by atoms with Crippen LogP contribution in [0.15, 0.2) is 18.2 Å². The lowest BCUT2D eigenvalue weighted by Gasteiger charge is -2.16. The fourth-order valence-corrected chi connectivity index (χ4v) is 1.43. The number of halogens is 1. The minimum atomic E-state index is -1.86. The Balaban J connectivity index is 2.97. The van der Waals surface area contributed by atoms with E-state index >= 15 is 0 Å². The van der Waals surface area contributed by atoms with E-state index in [9.17, 15) is 19.4 Å². The average Bonchev–Trinajstić information content (AvgIpc) is 2.36. The molecule has 0 aromatic heterocycles. The molecule has 2 N–H and O–H groups in total. The van der Waals surface area contributed by atoms with Gasteiger partial charge >= 0.3 is 5.97 Å². The molecular weight excluding hydrogens is 241 g/mol.